The third-order valence-electron chi connectivity index (χ3n) is 2.92. The van der Waals surface area contributed by atoms with Gasteiger partial charge in [0.25, 0.3) is 0 Å². The maximum Gasteiger partial charge on any atom is 0.328 e. The van der Waals surface area contributed by atoms with Crippen molar-refractivity contribution in [2.45, 2.75) is 46.8 Å². The lowest BCUT2D eigenvalue weighted by Crippen LogP contribution is -2.40. The normalized spacial score (nSPS) is 13.3. The fourth-order valence-electron chi connectivity index (χ4n) is 1.82. The molecule has 0 aromatic carbocycles. The fraction of sp³-hybridized carbons (Fsp3) is 0.750. The largest absolute Gasteiger partial charge is 0.328 e. The summed E-state index contributed by atoms with van der Waals surface area (Å²) in [5.74, 6) is 0.525. The summed E-state index contributed by atoms with van der Waals surface area (Å²) in [7, 11) is 0. The summed E-state index contributed by atoms with van der Waals surface area (Å²) in [5.41, 5.74) is 0.0889. The molecule has 92 valence electrons. The summed E-state index contributed by atoms with van der Waals surface area (Å²) in [6, 6.07) is 0.357. The fourth-order valence-corrected chi connectivity index (χ4v) is 1.82. The van der Waals surface area contributed by atoms with Crippen LogP contribution in [0.25, 0.3) is 0 Å². The Kier molecular flexibility index (Phi) is 4.80. The van der Waals surface area contributed by atoms with E-state index in [4.69, 9.17) is 0 Å². The third kappa shape index (κ3) is 2.98. The zero-order valence-corrected chi connectivity index (χ0v) is 10.7. The van der Waals surface area contributed by atoms with Crippen molar-refractivity contribution in [3.05, 3.63) is 22.9 Å². The molecule has 0 saturated heterocycles. The second-order valence-corrected chi connectivity index (χ2v) is 4.43. The van der Waals surface area contributed by atoms with Gasteiger partial charge in [-0.05, 0) is 19.4 Å². The van der Waals surface area contributed by atoms with Gasteiger partial charge in [-0.1, -0.05) is 20.8 Å². The molecule has 0 fully saturated rings. The van der Waals surface area contributed by atoms with Gasteiger partial charge in [0, 0.05) is 31.5 Å². The number of nitrogens with zero attached hydrogens (tertiary/aromatic N) is 2. The summed E-state index contributed by atoms with van der Waals surface area (Å²) in [6.07, 6.45) is 3.73. The van der Waals surface area contributed by atoms with Crippen LogP contribution in [0.5, 0.6) is 0 Å². The average Bonchev–Trinajstić information content (AvgIpc) is 2.59. The second-order valence-electron chi connectivity index (χ2n) is 4.43. The van der Waals surface area contributed by atoms with E-state index in [1.54, 1.807) is 9.13 Å². The molecule has 0 aliphatic rings. The minimum absolute atomic E-state index is 0.0889. The van der Waals surface area contributed by atoms with Gasteiger partial charge in [-0.15, -0.1) is 0 Å². The number of likely N-dealkylation sites (N-methyl/N-ethyl adjacent to an activating group) is 1. The van der Waals surface area contributed by atoms with Gasteiger partial charge in [-0.3, -0.25) is 9.13 Å². The summed E-state index contributed by atoms with van der Waals surface area (Å²) in [5, 5.41) is 3.42. The van der Waals surface area contributed by atoms with Crippen molar-refractivity contribution >= 4 is 0 Å². The van der Waals surface area contributed by atoms with Gasteiger partial charge in [-0.25, -0.2) is 4.79 Å². The molecule has 1 atom stereocenters. The summed E-state index contributed by atoms with van der Waals surface area (Å²) < 4.78 is 3.51. The maximum atomic E-state index is 11.9. The average molecular weight is 225 g/mol. The Morgan fingerprint density at radius 2 is 1.88 bits per heavy atom. The number of imidazole rings is 1. The van der Waals surface area contributed by atoms with Crippen molar-refractivity contribution < 1.29 is 0 Å². The van der Waals surface area contributed by atoms with Crippen molar-refractivity contribution in [3.8, 4) is 0 Å². The van der Waals surface area contributed by atoms with Gasteiger partial charge in [0.2, 0.25) is 0 Å². The van der Waals surface area contributed by atoms with Crippen molar-refractivity contribution in [2.75, 3.05) is 6.54 Å². The Morgan fingerprint density at radius 3 is 2.31 bits per heavy atom. The highest BCUT2D eigenvalue weighted by Crippen LogP contribution is 2.03. The molecule has 1 rings (SSSR count). The van der Waals surface area contributed by atoms with E-state index >= 15 is 0 Å². The topological polar surface area (TPSA) is 39.0 Å². The highest BCUT2D eigenvalue weighted by molar-refractivity contribution is 4.84. The van der Waals surface area contributed by atoms with Gasteiger partial charge >= 0.3 is 5.69 Å². The van der Waals surface area contributed by atoms with Crippen molar-refractivity contribution in [1.29, 1.82) is 0 Å². The van der Waals surface area contributed by atoms with E-state index in [-0.39, 0.29) is 5.69 Å². The van der Waals surface area contributed by atoms with Crippen LogP contribution in [0, 0.1) is 5.92 Å². The van der Waals surface area contributed by atoms with Gasteiger partial charge in [0.15, 0.2) is 0 Å². The molecule has 1 unspecified atom stereocenters. The lowest BCUT2D eigenvalue weighted by molar-refractivity contribution is 0.357. The molecule has 0 amide bonds. The van der Waals surface area contributed by atoms with Crippen LogP contribution in [-0.4, -0.2) is 21.7 Å². The monoisotopic (exact) mass is 225 g/mol. The van der Waals surface area contributed by atoms with E-state index in [1.165, 1.54) is 0 Å². The predicted octanol–water partition coefficient (Wildman–Crippen LogP) is 1.30. The van der Waals surface area contributed by atoms with Gasteiger partial charge in [-0.2, -0.15) is 0 Å². The Hall–Kier alpha value is -1.03. The highest BCUT2D eigenvalue weighted by Gasteiger charge is 2.14. The molecule has 0 spiro atoms. The molecule has 1 aromatic rings. The van der Waals surface area contributed by atoms with Crippen LogP contribution in [0.4, 0.5) is 0 Å². The van der Waals surface area contributed by atoms with Gasteiger partial charge in [0.05, 0.1) is 0 Å². The summed E-state index contributed by atoms with van der Waals surface area (Å²) in [4.78, 5) is 11.9. The molecule has 0 radical (unpaired) electrons. The smallest absolute Gasteiger partial charge is 0.312 e. The lowest BCUT2D eigenvalue weighted by atomic mass is 10.0. The minimum Gasteiger partial charge on any atom is -0.312 e. The van der Waals surface area contributed by atoms with Crippen molar-refractivity contribution in [1.82, 2.24) is 14.5 Å². The Morgan fingerprint density at radius 1 is 1.25 bits per heavy atom. The van der Waals surface area contributed by atoms with E-state index in [0.29, 0.717) is 12.0 Å². The quantitative estimate of drug-likeness (QED) is 0.792. The number of rotatable bonds is 6. The number of aromatic nitrogens is 2. The molecule has 4 nitrogen and oxygen atoms in total. The third-order valence-corrected chi connectivity index (χ3v) is 2.92. The van der Waals surface area contributed by atoms with Crippen LogP contribution in [0.15, 0.2) is 17.2 Å². The number of hydrogen-bond donors (Lipinski definition) is 1. The summed E-state index contributed by atoms with van der Waals surface area (Å²) >= 11 is 0. The van der Waals surface area contributed by atoms with Crippen molar-refractivity contribution in [2.24, 2.45) is 5.92 Å². The van der Waals surface area contributed by atoms with Crippen LogP contribution in [-0.2, 0) is 13.1 Å². The van der Waals surface area contributed by atoms with E-state index in [0.717, 1.165) is 19.6 Å². The molecule has 0 saturated carbocycles. The molecule has 0 bridgehead atoms. The molecule has 4 heteroatoms. The van der Waals surface area contributed by atoms with E-state index in [1.807, 2.05) is 19.3 Å². The number of nitrogens with one attached hydrogen (secondary N) is 1. The Balaban J connectivity index is 2.77. The maximum absolute atomic E-state index is 11.9. The SMILES string of the molecule is CCNC(Cn1ccn(CC)c1=O)C(C)C. The standard InChI is InChI=1S/C12H23N3O/c1-5-13-11(10(3)4)9-15-8-7-14(6-2)12(15)16/h7-8,10-11,13H,5-6,9H2,1-4H3. The first-order valence-corrected chi connectivity index (χ1v) is 6.09. The number of aryl methyl sites for hydroxylation is 1. The van der Waals surface area contributed by atoms with Gasteiger partial charge < -0.3 is 5.32 Å². The first kappa shape index (κ1) is 13.0. The lowest BCUT2D eigenvalue weighted by Gasteiger charge is -2.21. The van der Waals surface area contributed by atoms with Crippen LogP contribution < -0.4 is 11.0 Å². The minimum atomic E-state index is 0.0889. The molecule has 16 heavy (non-hydrogen) atoms. The molecule has 1 heterocycles. The van der Waals surface area contributed by atoms with Crippen molar-refractivity contribution in [3.63, 3.8) is 0 Å². The molecular weight excluding hydrogens is 202 g/mol. The Bertz CT molecular complexity index is 365. The second kappa shape index (κ2) is 5.89. The zero-order chi connectivity index (χ0) is 12.1. The molecular formula is C12H23N3O. The van der Waals surface area contributed by atoms with Crippen LogP contribution in [0.2, 0.25) is 0 Å². The predicted molar refractivity (Wildman–Crippen MR) is 66.7 cm³/mol. The van der Waals surface area contributed by atoms with Crippen LogP contribution in [0.1, 0.15) is 27.7 Å². The van der Waals surface area contributed by atoms with Gasteiger partial charge in [0.1, 0.15) is 0 Å². The molecule has 0 aliphatic carbocycles. The van der Waals surface area contributed by atoms with Crippen LogP contribution in [0.3, 0.4) is 0 Å². The van der Waals surface area contributed by atoms with E-state index < -0.39 is 0 Å². The van der Waals surface area contributed by atoms with Crippen LogP contribution >= 0.6 is 0 Å². The zero-order valence-electron chi connectivity index (χ0n) is 10.7. The highest BCUT2D eigenvalue weighted by atomic mass is 16.1. The molecule has 0 aliphatic heterocycles. The first-order valence-electron chi connectivity index (χ1n) is 6.09. The van der Waals surface area contributed by atoms with E-state index in [9.17, 15) is 4.79 Å². The summed E-state index contributed by atoms with van der Waals surface area (Å²) in [6.45, 7) is 10.8. The molecule has 1 N–H and O–H groups in total. The Labute approximate surface area is 97.3 Å². The molecule has 1 aromatic heterocycles. The van der Waals surface area contributed by atoms with E-state index in [2.05, 4.69) is 26.1 Å². The first-order chi connectivity index (χ1) is 7.60. The number of hydrogen-bond acceptors (Lipinski definition) is 2.